The molecule has 3 aliphatic heterocycles. The molecule has 4 heteroatoms. The molecule has 0 atom stereocenters. The first-order valence-electron chi connectivity index (χ1n) is 6.61. The first-order chi connectivity index (χ1) is 7.88. The molecule has 0 N–H and O–H groups in total. The predicted molar refractivity (Wildman–Crippen MR) is 64.8 cm³/mol. The molecule has 4 rings (SSSR count). The van der Waals surface area contributed by atoms with Crippen LogP contribution in [0.3, 0.4) is 0 Å². The summed E-state index contributed by atoms with van der Waals surface area (Å²) < 4.78 is 5.46. The second-order valence-electron chi connectivity index (χ2n) is 6.85. The molecule has 3 heterocycles. The smallest absolute Gasteiger partial charge is 0.410 e. The average Bonchev–Trinajstić information content (AvgIpc) is 2.66. The third-order valence-corrected chi connectivity index (χ3v) is 4.26. The number of piperazine rings is 1. The molecule has 2 bridgehead atoms. The quantitative estimate of drug-likeness (QED) is 0.644. The van der Waals surface area contributed by atoms with Gasteiger partial charge in [0.25, 0.3) is 0 Å². The Morgan fingerprint density at radius 1 is 1.29 bits per heavy atom. The maximum Gasteiger partial charge on any atom is 0.410 e. The number of hydrogen-bond acceptors (Lipinski definition) is 3. The number of nitrogens with zero attached hydrogens (tertiary/aromatic N) is 2. The SMILES string of the molecule is CC(C)(C)OC(=O)N1CCN2CC3CC2(C3)C1. The van der Waals surface area contributed by atoms with Crippen LogP contribution in [0.1, 0.15) is 33.6 Å². The Balaban J connectivity index is 1.64. The molecule has 1 spiro atoms. The van der Waals surface area contributed by atoms with E-state index in [1.807, 2.05) is 25.7 Å². The van der Waals surface area contributed by atoms with Crippen LogP contribution in [0.15, 0.2) is 0 Å². The second-order valence-corrected chi connectivity index (χ2v) is 6.85. The Kier molecular flexibility index (Phi) is 2.25. The lowest BCUT2D eigenvalue weighted by Crippen LogP contribution is -2.61. The number of ether oxygens (including phenoxy) is 1. The minimum atomic E-state index is -0.385. The van der Waals surface area contributed by atoms with Crippen LogP contribution in [-0.4, -0.2) is 53.2 Å². The van der Waals surface area contributed by atoms with Crippen LogP contribution in [0.5, 0.6) is 0 Å². The monoisotopic (exact) mass is 238 g/mol. The van der Waals surface area contributed by atoms with Gasteiger partial charge in [-0.05, 0) is 39.5 Å². The highest BCUT2D eigenvalue weighted by molar-refractivity contribution is 5.68. The van der Waals surface area contributed by atoms with Crippen molar-refractivity contribution < 1.29 is 9.53 Å². The van der Waals surface area contributed by atoms with Crippen molar-refractivity contribution in [2.24, 2.45) is 5.92 Å². The topological polar surface area (TPSA) is 32.8 Å². The van der Waals surface area contributed by atoms with Crippen molar-refractivity contribution in [1.29, 1.82) is 0 Å². The van der Waals surface area contributed by atoms with Crippen LogP contribution < -0.4 is 0 Å². The van der Waals surface area contributed by atoms with Gasteiger partial charge in [-0.25, -0.2) is 4.79 Å². The lowest BCUT2D eigenvalue weighted by atomic mass is 9.72. The summed E-state index contributed by atoms with van der Waals surface area (Å²) in [6.45, 7) is 9.75. The third kappa shape index (κ3) is 1.82. The number of hydrogen-bond donors (Lipinski definition) is 0. The van der Waals surface area contributed by atoms with Gasteiger partial charge in [-0.1, -0.05) is 0 Å². The standard InChI is InChI=1S/C13H22N2O2/c1-12(2,3)17-11(16)14-4-5-15-8-10-6-13(15,7-10)9-14/h10H,4-9H2,1-3H3. The second kappa shape index (κ2) is 3.37. The summed E-state index contributed by atoms with van der Waals surface area (Å²) in [5.74, 6) is 0.897. The van der Waals surface area contributed by atoms with E-state index in [0.717, 1.165) is 25.6 Å². The van der Waals surface area contributed by atoms with Crippen LogP contribution in [0, 0.1) is 5.92 Å². The maximum atomic E-state index is 12.0. The molecule has 4 nitrogen and oxygen atoms in total. The fourth-order valence-corrected chi connectivity index (χ4v) is 3.62. The van der Waals surface area contributed by atoms with Crippen molar-refractivity contribution in [3.05, 3.63) is 0 Å². The number of rotatable bonds is 0. The van der Waals surface area contributed by atoms with E-state index in [1.54, 1.807) is 0 Å². The summed E-state index contributed by atoms with van der Waals surface area (Å²) >= 11 is 0. The minimum Gasteiger partial charge on any atom is -0.444 e. The molecular formula is C13H22N2O2. The van der Waals surface area contributed by atoms with Gasteiger partial charge in [0.2, 0.25) is 0 Å². The normalized spacial score (nSPS) is 36.4. The average molecular weight is 238 g/mol. The van der Waals surface area contributed by atoms with Gasteiger partial charge in [0.15, 0.2) is 0 Å². The molecule has 0 unspecified atom stereocenters. The first kappa shape index (κ1) is 11.3. The zero-order valence-electron chi connectivity index (χ0n) is 11.0. The summed E-state index contributed by atoms with van der Waals surface area (Å²) in [4.78, 5) is 16.5. The number of carbonyl (C=O) groups excluding carboxylic acids is 1. The Labute approximate surface area is 103 Å². The molecule has 1 aliphatic carbocycles. The van der Waals surface area contributed by atoms with Crippen molar-refractivity contribution >= 4 is 6.09 Å². The highest BCUT2D eigenvalue weighted by Crippen LogP contribution is 2.51. The fourth-order valence-electron chi connectivity index (χ4n) is 3.62. The lowest BCUT2D eigenvalue weighted by Gasteiger charge is -2.49. The Hall–Kier alpha value is -0.770. The first-order valence-corrected chi connectivity index (χ1v) is 6.61. The van der Waals surface area contributed by atoms with E-state index < -0.39 is 0 Å². The summed E-state index contributed by atoms with van der Waals surface area (Å²) in [6.07, 6.45) is 2.43. The molecule has 96 valence electrons. The van der Waals surface area contributed by atoms with E-state index in [2.05, 4.69) is 4.90 Å². The molecule has 0 aromatic carbocycles. The predicted octanol–water partition coefficient (Wildman–Crippen LogP) is 1.70. The summed E-state index contributed by atoms with van der Waals surface area (Å²) in [7, 11) is 0. The van der Waals surface area contributed by atoms with Gasteiger partial charge in [-0.15, -0.1) is 0 Å². The highest BCUT2D eigenvalue weighted by Gasteiger charge is 2.58. The van der Waals surface area contributed by atoms with Gasteiger partial charge in [-0.2, -0.15) is 0 Å². The van der Waals surface area contributed by atoms with E-state index in [1.165, 1.54) is 19.4 Å². The fraction of sp³-hybridized carbons (Fsp3) is 0.923. The zero-order chi connectivity index (χ0) is 12.3. The molecule has 1 amide bonds. The van der Waals surface area contributed by atoms with Crippen molar-refractivity contribution in [3.63, 3.8) is 0 Å². The van der Waals surface area contributed by atoms with Crippen molar-refractivity contribution in [2.45, 2.75) is 44.8 Å². The maximum absolute atomic E-state index is 12.0. The number of amides is 1. The van der Waals surface area contributed by atoms with Gasteiger partial charge in [0, 0.05) is 31.7 Å². The van der Waals surface area contributed by atoms with Crippen molar-refractivity contribution in [1.82, 2.24) is 9.80 Å². The van der Waals surface area contributed by atoms with Gasteiger partial charge in [0.1, 0.15) is 5.60 Å². The van der Waals surface area contributed by atoms with Crippen LogP contribution in [0.25, 0.3) is 0 Å². The summed E-state index contributed by atoms with van der Waals surface area (Å²) in [5.41, 5.74) is -0.0659. The van der Waals surface area contributed by atoms with Crippen LogP contribution in [0.2, 0.25) is 0 Å². The molecule has 4 aliphatic rings. The molecule has 0 aromatic heterocycles. The molecular weight excluding hydrogens is 216 g/mol. The van der Waals surface area contributed by atoms with E-state index >= 15 is 0 Å². The number of carbonyl (C=O) groups is 1. The molecule has 4 fully saturated rings. The van der Waals surface area contributed by atoms with Crippen molar-refractivity contribution in [2.75, 3.05) is 26.2 Å². The summed E-state index contributed by atoms with van der Waals surface area (Å²) in [6, 6.07) is 0. The van der Waals surface area contributed by atoms with Gasteiger partial charge in [0.05, 0.1) is 0 Å². The van der Waals surface area contributed by atoms with Gasteiger partial charge >= 0.3 is 6.09 Å². The Bertz CT molecular complexity index is 342. The van der Waals surface area contributed by atoms with Gasteiger partial charge in [-0.3, -0.25) is 4.90 Å². The van der Waals surface area contributed by atoms with E-state index in [-0.39, 0.29) is 11.7 Å². The summed E-state index contributed by atoms with van der Waals surface area (Å²) in [5, 5.41) is 0. The van der Waals surface area contributed by atoms with E-state index in [9.17, 15) is 4.79 Å². The van der Waals surface area contributed by atoms with Crippen LogP contribution in [-0.2, 0) is 4.74 Å². The Morgan fingerprint density at radius 3 is 2.65 bits per heavy atom. The highest BCUT2D eigenvalue weighted by atomic mass is 16.6. The largest absolute Gasteiger partial charge is 0.444 e. The molecule has 3 saturated heterocycles. The molecule has 0 aromatic rings. The lowest BCUT2D eigenvalue weighted by molar-refractivity contribution is -0.0194. The molecule has 17 heavy (non-hydrogen) atoms. The zero-order valence-corrected chi connectivity index (χ0v) is 11.0. The molecule has 0 radical (unpaired) electrons. The van der Waals surface area contributed by atoms with Crippen molar-refractivity contribution in [3.8, 4) is 0 Å². The van der Waals surface area contributed by atoms with E-state index in [4.69, 9.17) is 4.74 Å². The van der Waals surface area contributed by atoms with Crippen LogP contribution >= 0.6 is 0 Å². The Morgan fingerprint density at radius 2 is 2.00 bits per heavy atom. The third-order valence-electron chi connectivity index (χ3n) is 4.26. The van der Waals surface area contributed by atoms with Gasteiger partial charge < -0.3 is 9.64 Å². The van der Waals surface area contributed by atoms with Crippen LogP contribution in [0.4, 0.5) is 4.79 Å². The molecule has 1 saturated carbocycles. The minimum absolute atomic E-state index is 0.137. The van der Waals surface area contributed by atoms with E-state index in [0.29, 0.717) is 5.54 Å².